The minimum atomic E-state index is -0.714. The van der Waals surface area contributed by atoms with E-state index in [2.05, 4.69) is 0 Å². The second-order valence-corrected chi connectivity index (χ2v) is 10.7. The highest BCUT2D eigenvalue weighted by molar-refractivity contribution is 5.80. The summed E-state index contributed by atoms with van der Waals surface area (Å²) in [6.07, 6.45) is 0.255. The Morgan fingerprint density at radius 1 is 1.09 bits per heavy atom. The molecule has 0 spiro atoms. The highest BCUT2D eigenvalue weighted by atomic mass is 16.7. The van der Waals surface area contributed by atoms with E-state index in [0.29, 0.717) is 0 Å². The van der Waals surface area contributed by atoms with Crippen LogP contribution in [0.15, 0.2) is 30.3 Å². The predicted octanol–water partition coefficient (Wildman–Crippen LogP) is 3.74. The second kappa shape index (κ2) is 10.8. The van der Waals surface area contributed by atoms with Crippen LogP contribution in [0.3, 0.4) is 0 Å². The lowest BCUT2D eigenvalue weighted by molar-refractivity contribution is -0.225. The largest absolute Gasteiger partial charge is 0.465 e. The molecule has 1 fully saturated rings. The van der Waals surface area contributed by atoms with Crippen molar-refractivity contribution in [2.45, 2.75) is 79.2 Å². The van der Waals surface area contributed by atoms with E-state index in [4.69, 9.17) is 14.3 Å². The van der Waals surface area contributed by atoms with Crippen molar-refractivity contribution in [3.8, 4) is 0 Å². The number of benzene rings is 1. The van der Waals surface area contributed by atoms with Gasteiger partial charge in [-0.25, -0.2) is 0 Å². The van der Waals surface area contributed by atoms with Gasteiger partial charge >= 0.3 is 11.9 Å². The number of hydrogen-bond donors (Lipinski definition) is 1. The van der Waals surface area contributed by atoms with Crippen molar-refractivity contribution in [2.75, 3.05) is 13.2 Å². The van der Waals surface area contributed by atoms with Gasteiger partial charge in [0.1, 0.15) is 11.6 Å². The van der Waals surface area contributed by atoms with Crippen LogP contribution in [0.1, 0.15) is 60.5 Å². The van der Waals surface area contributed by atoms with E-state index >= 15 is 0 Å². The summed E-state index contributed by atoms with van der Waals surface area (Å²) in [5.41, 5.74) is -0.219. The molecule has 1 N–H and O–H groups in total. The summed E-state index contributed by atoms with van der Waals surface area (Å²) in [4.78, 5) is 32.3. The number of esters is 2. The number of hydrogen-bond acceptors (Lipinski definition) is 7. The van der Waals surface area contributed by atoms with Gasteiger partial charge < -0.3 is 14.6 Å². The number of nitrogens with zero attached hydrogens (tertiary/aromatic N) is 1. The molecule has 7 nitrogen and oxygen atoms in total. The van der Waals surface area contributed by atoms with Gasteiger partial charge in [0.2, 0.25) is 0 Å². The molecule has 0 bridgehead atoms. The van der Waals surface area contributed by atoms with Crippen molar-refractivity contribution in [3.63, 3.8) is 0 Å². The molecule has 1 aromatic rings. The van der Waals surface area contributed by atoms with Gasteiger partial charge in [-0.05, 0) is 38.7 Å². The van der Waals surface area contributed by atoms with E-state index in [1.165, 1.54) is 0 Å². The first kappa shape index (κ1) is 26.3. The molecule has 3 atom stereocenters. The molecule has 1 aliphatic heterocycles. The van der Waals surface area contributed by atoms with Crippen molar-refractivity contribution >= 4 is 11.9 Å². The third kappa shape index (κ3) is 7.29. The van der Waals surface area contributed by atoms with Crippen LogP contribution in [0, 0.1) is 17.3 Å². The summed E-state index contributed by atoms with van der Waals surface area (Å²) in [5.74, 6) is -1.31. The highest BCUT2D eigenvalue weighted by Crippen LogP contribution is 2.37. The van der Waals surface area contributed by atoms with Crippen LogP contribution in [0.4, 0.5) is 0 Å². The average Bonchev–Trinajstić information content (AvgIpc) is 3.10. The maximum Gasteiger partial charge on any atom is 0.326 e. The van der Waals surface area contributed by atoms with E-state index < -0.39 is 28.9 Å². The average molecular weight is 450 g/mol. The molecule has 180 valence electrons. The van der Waals surface area contributed by atoms with Gasteiger partial charge in [0, 0.05) is 5.41 Å². The molecule has 0 saturated carbocycles. The van der Waals surface area contributed by atoms with E-state index in [9.17, 15) is 14.7 Å². The zero-order valence-electron chi connectivity index (χ0n) is 20.5. The minimum absolute atomic E-state index is 0.0293. The number of aliphatic hydroxyl groups is 1. The Labute approximate surface area is 192 Å². The first-order chi connectivity index (χ1) is 14.8. The molecule has 2 rings (SSSR count). The van der Waals surface area contributed by atoms with Gasteiger partial charge in [0.05, 0.1) is 31.8 Å². The maximum atomic E-state index is 13.1. The molecule has 7 heteroatoms. The summed E-state index contributed by atoms with van der Waals surface area (Å²) in [7, 11) is 0. The van der Waals surface area contributed by atoms with Gasteiger partial charge in [0.15, 0.2) is 0 Å². The van der Waals surface area contributed by atoms with E-state index in [1.807, 2.05) is 78.8 Å². The van der Waals surface area contributed by atoms with Crippen molar-refractivity contribution < 1.29 is 29.0 Å². The normalized spacial score (nSPS) is 22.2. The van der Waals surface area contributed by atoms with Crippen LogP contribution >= 0.6 is 0 Å². The van der Waals surface area contributed by atoms with Crippen molar-refractivity contribution in [1.82, 2.24) is 5.06 Å². The Kier molecular flexibility index (Phi) is 8.85. The van der Waals surface area contributed by atoms with Crippen LogP contribution < -0.4 is 0 Å². The lowest BCUT2D eigenvalue weighted by Crippen LogP contribution is -2.46. The number of rotatable bonds is 9. The van der Waals surface area contributed by atoms with E-state index in [0.717, 1.165) is 5.56 Å². The molecule has 1 aliphatic rings. The number of aliphatic hydroxyl groups excluding tert-OH is 1. The monoisotopic (exact) mass is 449 g/mol. The fourth-order valence-corrected chi connectivity index (χ4v) is 3.75. The van der Waals surface area contributed by atoms with Gasteiger partial charge in [0.25, 0.3) is 0 Å². The van der Waals surface area contributed by atoms with E-state index in [-0.39, 0.29) is 44.2 Å². The van der Waals surface area contributed by atoms with Crippen molar-refractivity contribution in [2.24, 2.45) is 17.3 Å². The maximum absolute atomic E-state index is 13.1. The molecule has 0 radical (unpaired) electrons. The second-order valence-electron chi connectivity index (χ2n) is 10.7. The fourth-order valence-electron chi connectivity index (χ4n) is 3.75. The third-order valence-corrected chi connectivity index (χ3v) is 5.41. The molecule has 0 aliphatic carbocycles. The summed E-state index contributed by atoms with van der Waals surface area (Å²) in [6.45, 7) is 13.4. The Bertz CT molecular complexity index is 755. The topological polar surface area (TPSA) is 85.3 Å². The SMILES string of the molecule is CC(C)[C@@H]1[C@H](C(=O)OCC(C)(C)CO)C[C@H](C(=O)OC(C)(C)C)N1OCc1ccccc1. The highest BCUT2D eigenvalue weighted by Gasteiger charge is 2.51. The standard InChI is InChI=1S/C25H39NO6/c1-17(2)21-19(22(28)30-16-25(6,7)15-27)13-20(23(29)32-24(3,4)5)26(21)31-14-18-11-9-8-10-12-18/h8-12,17,19-21,27H,13-16H2,1-7H3/t19-,20-,21-/m1/s1. The van der Waals surface area contributed by atoms with Gasteiger partial charge in [-0.2, -0.15) is 5.06 Å². The number of carbonyl (C=O) groups is 2. The zero-order valence-corrected chi connectivity index (χ0v) is 20.5. The summed E-state index contributed by atoms with van der Waals surface area (Å²) < 4.78 is 11.2. The van der Waals surface area contributed by atoms with Crippen LogP contribution in [-0.4, -0.2) is 53.0 Å². The summed E-state index contributed by atoms with van der Waals surface area (Å²) in [6, 6.07) is 8.63. The number of carbonyl (C=O) groups excluding carboxylic acids is 2. The predicted molar refractivity (Wildman–Crippen MR) is 121 cm³/mol. The molecular formula is C25H39NO6. The Morgan fingerprint density at radius 2 is 1.72 bits per heavy atom. The fraction of sp³-hybridized carbons (Fsp3) is 0.680. The third-order valence-electron chi connectivity index (χ3n) is 5.41. The molecule has 1 aromatic carbocycles. The minimum Gasteiger partial charge on any atom is -0.465 e. The molecule has 1 heterocycles. The van der Waals surface area contributed by atoms with E-state index in [1.54, 1.807) is 5.06 Å². The van der Waals surface area contributed by atoms with Crippen LogP contribution in [0.2, 0.25) is 0 Å². The van der Waals surface area contributed by atoms with Gasteiger partial charge in [-0.3, -0.25) is 14.4 Å². The van der Waals surface area contributed by atoms with Gasteiger partial charge in [-0.15, -0.1) is 0 Å². The Balaban J connectivity index is 2.26. The Hall–Kier alpha value is -1.96. The first-order valence-electron chi connectivity index (χ1n) is 11.3. The molecule has 0 amide bonds. The smallest absolute Gasteiger partial charge is 0.326 e. The number of ether oxygens (including phenoxy) is 2. The van der Waals surface area contributed by atoms with Crippen LogP contribution in [0.25, 0.3) is 0 Å². The molecule has 1 saturated heterocycles. The van der Waals surface area contributed by atoms with Crippen molar-refractivity contribution in [3.05, 3.63) is 35.9 Å². The molecule has 0 unspecified atom stereocenters. The van der Waals surface area contributed by atoms with Gasteiger partial charge in [-0.1, -0.05) is 58.0 Å². The molecule has 32 heavy (non-hydrogen) atoms. The lowest BCUT2D eigenvalue weighted by atomic mass is 9.91. The van der Waals surface area contributed by atoms with Crippen LogP contribution in [-0.2, 0) is 30.5 Å². The summed E-state index contributed by atoms with van der Waals surface area (Å²) >= 11 is 0. The summed E-state index contributed by atoms with van der Waals surface area (Å²) in [5, 5.41) is 11.1. The van der Waals surface area contributed by atoms with Crippen LogP contribution in [0.5, 0.6) is 0 Å². The molecule has 0 aromatic heterocycles. The van der Waals surface area contributed by atoms with Crippen molar-refractivity contribution in [1.29, 1.82) is 0 Å². The first-order valence-corrected chi connectivity index (χ1v) is 11.3. The zero-order chi connectivity index (χ0) is 24.1. The quantitative estimate of drug-likeness (QED) is 0.575. The molecular weight excluding hydrogens is 410 g/mol. The Morgan fingerprint density at radius 3 is 2.25 bits per heavy atom. The number of hydroxylamine groups is 2. The lowest BCUT2D eigenvalue weighted by Gasteiger charge is -2.33.